The summed E-state index contributed by atoms with van der Waals surface area (Å²) in [5.41, 5.74) is 0. The van der Waals surface area contributed by atoms with Crippen molar-refractivity contribution in [3.8, 4) is 0 Å². The minimum absolute atomic E-state index is 0. The summed E-state index contributed by atoms with van der Waals surface area (Å²) in [6.45, 7) is 11.1. The van der Waals surface area contributed by atoms with Gasteiger partial charge in [0.15, 0.2) is 5.78 Å². The fourth-order valence-electron chi connectivity index (χ4n) is 3.01. The molecular weight excluding hydrogens is 470 g/mol. The average Bonchev–Trinajstić information content (AvgIpc) is 2.86. The Kier molecular flexibility index (Phi) is 29.1. The summed E-state index contributed by atoms with van der Waals surface area (Å²) in [5, 5.41) is 2.89. The monoisotopic (exact) mass is 523 g/mol. The Balaban J connectivity index is 0. The Labute approximate surface area is 219 Å². The van der Waals surface area contributed by atoms with Crippen LogP contribution < -0.4 is 5.32 Å². The van der Waals surface area contributed by atoms with Crippen LogP contribution in [0.4, 0.5) is 0 Å². The van der Waals surface area contributed by atoms with Crippen LogP contribution in [0.3, 0.4) is 0 Å². The molecule has 1 N–H and O–H groups in total. The molecule has 0 heterocycles. The molecule has 216 valence electrons. The third-order valence-electron chi connectivity index (χ3n) is 4.88. The smallest absolute Gasteiger partial charge is 0.220 e. The molecule has 10 heteroatoms. The summed E-state index contributed by atoms with van der Waals surface area (Å²) < 4.78 is 37.4. The van der Waals surface area contributed by atoms with Gasteiger partial charge >= 0.3 is 0 Å². The standard InChI is InChI=1S/C26H51NO9.H2/c1-3-30-12-9-7-5-4-6-8-10-26(29)27-11-13-31-14-15-32-16-17-33-18-19-34-20-21-35-22-23-36-24-25(2)28;/h3-24H2,1-2H3,(H,27,29);1H. The minimum Gasteiger partial charge on any atom is -0.382 e. The number of amides is 1. The first-order valence-corrected chi connectivity index (χ1v) is 13.5. The van der Waals surface area contributed by atoms with E-state index in [1.807, 2.05) is 6.92 Å². The van der Waals surface area contributed by atoms with Crippen molar-refractivity contribution in [3.63, 3.8) is 0 Å². The third kappa shape index (κ3) is 30.9. The van der Waals surface area contributed by atoms with Gasteiger partial charge in [0.1, 0.15) is 6.61 Å². The summed E-state index contributed by atoms with van der Waals surface area (Å²) in [4.78, 5) is 22.5. The predicted octanol–water partition coefficient (Wildman–Crippen LogP) is 2.80. The number of rotatable bonds is 30. The van der Waals surface area contributed by atoms with Gasteiger partial charge in [0.05, 0.1) is 72.7 Å². The molecule has 0 bridgehead atoms. The lowest BCUT2D eigenvalue weighted by molar-refractivity contribution is -0.122. The Hall–Kier alpha value is -1.14. The maximum absolute atomic E-state index is 11.8. The normalized spacial score (nSPS) is 11.2. The van der Waals surface area contributed by atoms with Crippen molar-refractivity contribution in [2.45, 2.75) is 58.8 Å². The number of unbranched alkanes of at least 4 members (excludes halogenated alkanes) is 5. The van der Waals surface area contributed by atoms with Gasteiger partial charge in [-0.25, -0.2) is 0 Å². The van der Waals surface area contributed by atoms with Crippen LogP contribution in [0.15, 0.2) is 0 Å². The maximum atomic E-state index is 11.8. The number of carbonyl (C=O) groups is 2. The lowest BCUT2D eigenvalue weighted by Crippen LogP contribution is -2.27. The van der Waals surface area contributed by atoms with Gasteiger partial charge < -0.3 is 38.5 Å². The van der Waals surface area contributed by atoms with E-state index < -0.39 is 0 Å². The number of Topliss-reactive ketones (excluding diaryl/α,β-unsaturated/α-hetero) is 1. The topological polar surface area (TPSA) is 111 Å². The van der Waals surface area contributed by atoms with Crippen molar-refractivity contribution >= 4 is 11.7 Å². The van der Waals surface area contributed by atoms with Gasteiger partial charge in [-0.1, -0.05) is 25.7 Å². The number of ketones is 1. The first kappa shape index (κ1) is 34.9. The number of carbonyl (C=O) groups excluding carboxylic acids is 2. The Bertz CT molecular complexity index is 487. The number of ether oxygens (including phenoxy) is 7. The molecule has 0 rings (SSSR count). The van der Waals surface area contributed by atoms with E-state index >= 15 is 0 Å². The summed E-state index contributed by atoms with van der Waals surface area (Å²) in [6, 6.07) is 0. The van der Waals surface area contributed by atoms with Crippen LogP contribution in [0.5, 0.6) is 0 Å². The molecule has 0 saturated carbocycles. The van der Waals surface area contributed by atoms with Crippen LogP contribution in [0.2, 0.25) is 0 Å². The molecule has 0 aromatic heterocycles. The molecule has 0 fully saturated rings. The van der Waals surface area contributed by atoms with Crippen molar-refractivity contribution in [2.24, 2.45) is 0 Å². The Morgan fingerprint density at radius 1 is 0.556 bits per heavy atom. The van der Waals surface area contributed by atoms with Crippen LogP contribution in [0.25, 0.3) is 0 Å². The zero-order valence-corrected chi connectivity index (χ0v) is 22.7. The molecule has 10 nitrogen and oxygen atoms in total. The maximum Gasteiger partial charge on any atom is 0.220 e. The van der Waals surface area contributed by atoms with E-state index in [1.54, 1.807) is 0 Å². The van der Waals surface area contributed by atoms with Crippen LogP contribution in [-0.2, 0) is 42.7 Å². The van der Waals surface area contributed by atoms with E-state index in [2.05, 4.69) is 5.32 Å². The Morgan fingerprint density at radius 2 is 1.00 bits per heavy atom. The quantitative estimate of drug-likeness (QED) is 0.142. The van der Waals surface area contributed by atoms with E-state index in [0.29, 0.717) is 85.6 Å². The zero-order chi connectivity index (χ0) is 26.4. The molecule has 0 saturated heterocycles. The van der Waals surface area contributed by atoms with E-state index in [0.717, 1.165) is 32.5 Å². The fraction of sp³-hybridized carbons (Fsp3) is 0.923. The molecule has 0 spiro atoms. The zero-order valence-electron chi connectivity index (χ0n) is 22.7. The van der Waals surface area contributed by atoms with Crippen molar-refractivity contribution < 1.29 is 44.2 Å². The predicted molar refractivity (Wildman–Crippen MR) is 140 cm³/mol. The molecule has 0 atom stereocenters. The van der Waals surface area contributed by atoms with Crippen LogP contribution in [0, 0.1) is 0 Å². The minimum atomic E-state index is 0. The van der Waals surface area contributed by atoms with Gasteiger partial charge in [-0.2, -0.15) is 0 Å². The molecule has 0 aliphatic heterocycles. The molecule has 36 heavy (non-hydrogen) atoms. The largest absolute Gasteiger partial charge is 0.382 e. The van der Waals surface area contributed by atoms with Crippen molar-refractivity contribution in [1.29, 1.82) is 0 Å². The summed E-state index contributed by atoms with van der Waals surface area (Å²) in [5.74, 6) is 0.0990. The highest BCUT2D eigenvalue weighted by Crippen LogP contribution is 2.07. The average molecular weight is 524 g/mol. The first-order chi connectivity index (χ1) is 17.7. The second kappa shape index (κ2) is 30.1. The lowest BCUT2D eigenvalue weighted by Gasteiger charge is -2.08. The molecule has 0 aromatic carbocycles. The van der Waals surface area contributed by atoms with Crippen LogP contribution >= 0.6 is 0 Å². The van der Waals surface area contributed by atoms with Gasteiger partial charge in [-0.15, -0.1) is 0 Å². The molecule has 0 radical (unpaired) electrons. The molecule has 0 aromatic rings. The van der Waals surface area contributed by atoms with Gasteiger partial charge in [-0.3, -0.25) is 9.59 Å². The highest BCUT2D eigenvalue weighted by atomic mass is 16.6. The van der Waals surface area contributed by atoms with Crippen molar-refractivity contribution in [1.82, 2.24) is 5.32 Å². The molecule has 0 aliphatic carbocycles. The number of nitrogens with one attached hydrogen (secondary N) is 1. The molecule has 0 unspecified atom stereocenters. The van der Waals surface area contributed by atoms with Crippen molar-refractivity contribution in [3.05, 3.63) is 0 Å². The second-order valence-electron chi connectivity index (χ2n) is 8.23. The van der Waals surface area contributed by atoms with Crippen molar-refractivity contribution in [2.75, 3.05) is 99.0 Å². The van der Waals surface area contributed by atoms with E-state index in [4.69, 9.17) is 33.2 Å². The van der Waals surface area contributed by atoms with Gasteiger partial charge in [0.25, 0.3) is 0 Å². The molecular formula is C26H53NO9. The Morgan fingerprint density at radius 3 is 1.50 bits per heavy atom. The summed E-state index contributed by atoms with van der Waals surface area (Å²) in [6.07, 6.45) is 7.34. The van der Waals surface area contributed by atoms with E-state index in [9.17, 15) is 9.59 Å². The highest BCUT2D eigenvalue weighted by Gasteiger charge is 2.01. The molecule has 1 amide bonds. The van der Waals surface area contributed by atoms with Crippen LogP contribution in [-0.4, -0.2) is 111 Å². The summed E-state index contributed by atoms with van der Waals surface area (Å²) in [7, 11) is 0. The second-order valence-corrected chi connectivity index (χ2v) is 8.23. The SMILES string of the molecule is CCOCCCCCCCCC(=O)NCCOCCOCCOCCOCCOCCOCC(C)=O.[HH]. The van der Waals surface area contributed by atoms with Crippen LogP contribution in [0.1, 0.15) is 60.2 Å². The third-order valence-corrected chi connectivity index (χ3v) is 4.88. The number of hydrogen-bond donors (Lipinski definition) is 1. The first-order valence-electron chi connectivity index (χ1n) is 13.5. The lowest BCUT2D eigenvalue weighted by atomic mass is 10.1. The highest BCUT2D eigenvalue weighted by molar-refractivity contribution is 5.76. The fourth-order valence-corrected chi connectivity index (χ4v) is 3.01. The number of hydrogen-bond acceptors (Lipinski definition) is 9. The van der Waals surface area contributed by atoms with E-state index in [1.165, 1.54) is 26.2 Å². The van der Waals surface area contributed by atoms with Gasteiger partial charge in [-0.05, 0) is 26.7 Å². The van der Waals surface area contributed by atoms with Gasteiger partial charge in [0.2, 0.25) is 5.91 Å². The summed E-state index contributed by atoms with van der Waals surface area (Å²) >= 11 is 0. The molecule has 0 aliphatic rings. The van der Waals surface area contributed by atoms with E-state index in [-0.39, 0.29) is 19.7 Å². The van der Waals surface area contributed by atoms with Gasteiger partial charge in [0, 0.05) is 27.6 Å².